The lowest BCUT2D eigenvalue weighted by Gasteiger charge is -2.19. The molecule has 0 aliphatic heterocycles. The third kappa shape index (κ3) is 4.94. The van der Waals surface area contributed by atoms with E-state index in [1.807, 2.05) is 13.1 Å². The van der Waals surface area contributed by atoms with E-state index in [2.05, 4.69) is 27.1 Å². The Kier molecular flexibility index (Phi) is 7.21. The smallest absolute Gasteiger partial charge is 0.263 e. The highest BCUT2D eigenvalue weighted by Crippen LogP contribution is 2.32. The molecule has 9 heteroatoms. The Morgan fingerprint density at radius 1 is 1.24 bits per heavy atom. The Bertz CT molecular complexity index is 1230. The van der Waals surface area contributed by atoms with Gasteiger partial charge in [-0.3, -0.25) is 14.2 Å². The molecule has 0 amide bonds. The molecular weight excluding hydrogens is 432 g/mol. The molecule has 9 nitrogen and oxygen atoms in total. The van der Waals surface area contributed by atoms with Crippen LogP contribution in [-0.2, 0) is 0 Å². The molecule has 0 bridgehead atoms. The van der Waals surface area contributed by atoms with Crippen LogP contribution in [0.1, 0.15) is 61.5 Å². The highest BCUT2D eigenvalue weighted by atomic mass is 16.5. The van der Waals surface area contributed by atoms with Crippen molar-refractivity contribution in [2.75, 3.05) is 32.1 Å². The van der Waals surface area contributed by atoms with Crippen LogP contribution in [0.2, 0.25) is 0 Å². The third-order valence-electron chi connectivity index (χ3n) is 6.51. The van der Waals surface area contributed by atoms with Gasteiger partial charge in [0.2, 0.25) is 5.95 Å². The van der Waals surface area contributed by atoms with Crippen molar-refractivity contribution < 1.29 is 9.53 Å². The lowest BCUT2D eigenvalue weighted by atomic mass is 10.0. The average molecular weight is 465 g/mol. The average Bonchev–Trinajstić information content (AvgIpc) is 3.34. The van der Waals surface area contributed by atoms with Gasteiger partial charge in [-0.05, 0) is 58.0 Å². The van der Waals surface area contributed by atoms with E-state index in [1.165, 1.54) is 6.92 Å². The maximum atomic E-state index is 13.3. The van der Waals surface area contributed by atoms with E-state index in [9.17, 15) is 9.59 Å². The van der Waals surface area contributed by atoms with Gasteiger partial charge in [0.05, 0.1) is 11.8 Å². The van der Waals surface area contributed by atoms with Crippen LogP contribution in [0.15, 0.2) is 29.3 Å². The first-order valence-corrected chi connectivity index (χ1v) is 11.9. The fourth-order valence-electron chi connectivity index (χ4n) is 4.44. The van der Waals surface area contributed by atoms with Crippen molar-refractivity contribution in [1.29, 1.82) is 0 Å². The monoisotopic (exact) mass is 464 g/mol. The number of hydrogen-bond donors (Lipinski definition) is 1. The molecule has 1 aliphatic carbocycles. The summed E-state index contributed by atoms with van der Waals surface area (Å²) >= 11 is 0. The predicted octanol–water partition coefficient (Wildman–Crippen LogP) is 3.89. The summed E-state index contributed by atoms with van der Waals surface area (Å²) in [5, 5.41) is 3.84. The minimum Gasteiger partial charge on any atom is -0.491 e. The molecule has 0 aromatic carbocycles. The summed E-state index contributed by atoms with van der Waals surface area (Å²) in [5.41, 5.74) is 1.15. The number of aryl methyl sites for hydroxylation is 1. The molecule has 3 aromatic heterocycles. The van der Waals surface area contributed by atoms with Crippen LogP contribution in [0, 0.1) is 6.92 Å². The Balaban J connectivity index is 1.62. The number of carbonyl (C=O) groups is 1. The molecule has 1 N–H and O–H groups in total. The van der Waals surface area contributed by atoms with Crippen molar-refractivity contribution in [1.82, 2.24) is 24.4 Å². The minimum absolute atomic E-state index is 0.0396. The molecule has 3 heterocycles. The predicted molar refractivity (Wildman–Crippen MR) is 132 cm³/mol. The third-order valence-corrected chi connectivity index (χ3v) is 6.51. The summed E-state index contributed by atoms with van der Waals surface area (Å²) in [6, 6.07) is 3.69. The molecule has 3 aromatic rings. The molecule has 1 fully saturated rings. The van der Waals surface area contributed by atoms with Crippen molar-refractivity contribution in [3.05, 3.63) is 46.0 Å². The van der Waals surface area contributed by atoms with Crippen molar-refractivity contribution in [2.45, 2.75) is 52.5 Å². The Morgan fingerprint density at radius 2 is 2.00 bits per heavy atom. The van der Waals surface area contributed by atoms with Gasteiger partial charge in [-0.25, -0.2) is 9.97 Å². The van der Waals surface area contributed by atoms with E-state index in [0.717, 1.165) is 44.2 Å². The number of Topliss-reactive ketones (excluding diaryl/α,β-unsaturated/α-hetero) is 1. The second-order valence-corrected chi connectivity index (χ2v) is 8.85. The van der Waals surface area contributed by atoms with E-state index >= 15 is 0 Å². The first-order valence-electron chi connectivity index (χ1n) is 11.9. The van der Waals surface area contributed by atoms with Crippen LogP contribution < -0.4 is 15.6 Å². The summed E-state index contributed by atoms with van der Waals surface area (Å²) in [6.07, 6.45) is 7.26. The zero-order valence-corrected chi connectivity index (χ0v) is 20.3. The van der Waals surface area contributed by atoms with Crippen molar-refractivity contribution in [2.24, 2.45) is 0 Å². The van der Waals surface area contributed by atoms with Gasteiger partial charge in [0.15, 0.2) is 5.78 Å². The van der Waals surface area contributed by atoms with Crippen LogP contribution in [-0.4, -0.2) is 56.9 Å². The fraction of sp³-hybridized carbons (Fsp3) is 0.480. The van der Waals surface area contributed by atoms with Gasteiger partial charge in [0.25, 0.3) is 5.56 Å². The molecular formula is C25H32N6O3. The lowest BCUT2D eigenvalue weighted by molar-refractivity contribution is 0.101. The molecule has 0 radical (unpaired) electrons. The minimum atomic E-state index is -0.262. The van der Waals surface area contributed by atoms with Crippen LogP contribution in [0.25, 0.3) is 11.0 Å². The van der Waals surface area contributed by atoms with E-state index < -0.39 is 0 Å². The number of ether oxygens (including phenoxy) is 1. The summed E-state index contributed by atoms with van der Waals surface area (Å²) in [5.74, 6) is 1.38. The molecule has 4 rings (SSSR count). The van der Waals surface area contributed by atoms with Crippen molar-refractivity contribution >= 4 is 28.6 Å². The van der Waals surface area contributed by atoms with E-state index in [1.54, 1.807) is 30.0 Å². The fourth-order valence-corrected chi connectivity index (χ4v) is 4.44. The summed E-state index contributed by atoms with van der Waals surface area (Å²) in [7, 11) is 2.05. The van der Waals surface area contributed by atoms with Crippen molar-refractivity contribution in [3.8, 4) is 5.75 Å². The largest absolute Gasteiger partial charge is 0.491 e. The SMILES string of the molecule is CCN(C)CCOc1ccc(Nc2ncc3c(C)c(C(C)=O)c(=O)n(C4CCCC4)c3n2)nc1. The molecule has 1 saturated carbocycles. The number of hydrogen-bond acceptors (Lipinski definition) is 8. The van der Waals surface area contributed by atoms with Gasteiger partial charge in [0, 0.05) is 24.2 Å². The molecule has 0 saturated heterocycles. The van der Waals surface area contributed by atoms with Gasteiger partial charge >= 0.3 is 0 Å². The normalized spacial score (nSPS) is 14.1. The summed E-state index contributed by atoms with van der Waals surface area (Å²) < 4.78 is 7.45. The number of pyridine rings is 2. The van der Waals surface area contributed by atoms with Gasteiger partial charge in [-0.15, -0.1) is 0 Å². The lowest BCUT2D eigenvalue weighted by Crippen LogP contribution is -2.30. The topological polar surface area (TPSA) is 102 Å². The highest BCUT2D eigenvalue weighted by molar-refractivity contribution is 5.99. The number of nitrogens with zero attached hydrogens (tertiary/aromatic N) is 5. The highest BCUT2D eigenvalue weighted by Gasteiger charge is 2.25. The summed E-state index contributed by atoms with van der Waals surface area (Å²) in [6.45, 7) is 7.73. The van der Waals surface area contributed by atoms with Gasteiger partial charge < -0.3 is 15.0 Å². The number of anilines is 2. The summed E-state index contributed by atoms with van der Waals surface area (Å²) in [4.78, 5) is 41.3. The Morgan fingerprint density at radius 3 is 2.65 bits per heavy atom. The van der Waals surface area contributed by atoms with Crippen LogP contribution in [0.3, 0.4) is 0 Å². The molecule has 34 heavy (non-hydrogen) atoms. The second-order valence-electron chi connectivity index (χ2n) is 8.85. The number of rotatable bonds is 9. The van der Waals surface area contributed by atoms with Crippen molar-refractivity contribution in [3.63, 3.8) is 0 Å². The van der Waals surface area contributed by atoms with Gasteiger partial charge in [0.1, 0.15) is 23.8 Å². The van der Waals surface area contributed by atoms with E-state index in [4.69, 9.17) is 9.72 Å². The number of fused-ring (bicyclic) bond motifs is 1. The molecule has 0 spiro atoms. The molecule has 1 aliphatic rings. The first-order chi connectivity index (χ1) is 16.4. The van der Waals surface area contributed by atoms with Gasteiger partial charge in [-0.1, -0.05) is 19.8 Å². The zero-order chi connectivity index (χ0) is 24.2. The second kappa shape index (κ2) is 10.3. The van der Waals surface area contributed by atoms with Crippen LogP contribution >= 0.6 is 0 Å². The first kappa shape index (κ1) is 23.8. The van der Waals surface area contributed by atoms with E-state index in [-0.39, 0.29) is 22.9 Å². The zero-order valence-electron chi connectivity index (χ0n) is 20.3. The Labute approximate surface area is 199 Å². The maximum Gasteiger partial charge on any atom is 0.263 e. The molecule has 180 valence electrons. The molecule has 0 unspecified atom stereocenters. The number of nitrogens with one attached hydrogen (secondary N) is 1. The number of carbonyl (C=O) groups excluding carboxylic acids is 1. The number of likely N-dealkylation sites (N-methyl/N-ethyl adjacent to an activating group) is 1. The van der Waals surface area contributed by atoms with Crippen LogP contribution in [0.4, 0.5) is 11.8 Å². The Hall–Kier alpha value is -3.33. The quantitative estimate of drug-likeness (QED) is 0.476. The number of ketones is 1. The molecule has 0 atom stereocenters. The van der Waals surface area contributed by atoms with E-state index in [0.29, 0.717) is 35.3 Å². The standard InChI is InChI=1S/C25H32N6O3/c1-5-30(4)12-13-34-19-10-11-21(26-14-19)28-25-27-15-20-16(2)22(17(3)32)24(33)31(23(20)29-25)18-8-6-7-9-18/h10-11,14-15,18H,5-9,12-13H2,1-4H3,(H,26,27,28,29). The van der Waals surface area contributed by atoms with Gasteiger partial charge in [-0.2, -0.15) is 4.98 Å². The maximum absolute atomic E-state index is 13.3. The van der Waals surface area contributed by atoms with Crippen LogP contribution in [0.5, 0.6) is 5.75 Å². The number of aromatic nitrogens is 4.